The quantitative estimate of drug-likeness (QED) is 0.507. The van der Waals surface area contributed by atoms with Crippen molar-refractivity contribution < 1.29 is 9.53 Å². The molecular weight excluding hydrogens is 468 g/mol. The van der Waals surface area contributed by atoms with Crippen LogP contribution in [0.2, 0.25) is 0 Å². The number of pyridine rings is 1. The molecule has 3 aliphatic rings. The lowest BCUT2D eigenvalue weighted by molar-refractivity contribution is -0.118. The first kappa shape index (κ1) is 23.8. The summed E-state index contributed by atoms with van der Waals surface area (Å²) in [6.45, 7) is 5.45. The van der Waals surface area contributed by atoms with Crippen LogP contribution in [-0.4, -0.2) is 95.7 Å². The summed E-state index contributed by atoms with van der Waals surface area (Å²) in [5.74, 6) is 0.966. The minimum atomic E-state index is -0.0775. The molecule has 3 fully saturated rings. The van der Waals surface area contributed by atoms with Crippen molar-refractivity contribution in [1.29, 1.82) is 0 Å². The Balaban J connectivity index is 1.06. The lowest BCUT2D eigenvalue weighted by Gasteiger charge is -2.33. The summed E-state index contributed by atoms with van der Waals surface area (Å²) in [6.07, 6.45) is 4.70. The summed E-state index contributed by atoms with van der Waals surface area (Å²) < 4.78 is 5.33. The van der Waals surface area contributed by atoms with Crippen LogP contribution in [0.3, 0.4) is 0 Å². The number of rotatable bonds is 7. The Morgan fingerprint density at radius 3 is 2.57 bits per heavy atom. The van der Waals surface area contributed by atoms with Gasteiger partial charge in [-0.1, -0.05) is 0 Å². The molecule has 192 valence electrons. The molecule has 3 aliphatic heterocycles. The van der Waals surface area contributed by atoms with E-state index in [9.17, 15) is 4.79 Å². The highest BCUT2D eigenvalue weighted by Gasteiger charge is 2.41. The number of fused-ring (bicyclic) bond motifs is 2. The van der Waals surface area contributed by atoms with E-state index in [2.05, 4.69) is 71.6 Å². The molecule has 2 atom stereocenters. The van der Waals surface area contributed by atoms with Gasteiger partial charge in [0, 0.05) is 67.6 Å². The van der Waals surface area contributed by atoms with Crippen LogP contribution in [0.1, 0.15) is 6.42 Å². The third kappa shape index (κ3) is 5.41. The molecule has 0 radical (unpaired) electrons. The summed E-state index contributed by atoms with van der Waals surface area (Å²) in [4.78, 5) is 32.8. The number of nitrogens with zero attached hydrogens (tertiary/aromatic N) is 6. The van der Waals surface area contributed by atoms with Gasteiger partial charge in [0.1, 0.15) is 5.82 Å². The van der Waals surface area contributed by atoms with Gasteiger partial charge in [-0.15, -0.1) is 0 Å². The summed E-state index contributed by atoms with van der Waals surface area (Å²) >= 11 is 0. The van der Waals surface area contributed by atoms with Crippen LogP contribution in [0.25, 0.3) is 11.3 Å². The van der Waals surface area contributed by atoms with E-state index in [1.807, 2.05) is 12.1 Å². The molecular formula is C27H32N8O2. The monoisotopic (exact) mass is 500 g/mol. The number of ether oxygens (including phenoxy) is 1. The standard InChI is InChI=1S/C27H32N8O2/c1-33-16-23-14-22(33)17-35(23)21-5-3-20(4-6-21)30-27-28-9-8-24(31-27)19-2-7-25(29-15-19)32-26(36)18-34-10-12-37-13-11-34/h2-9,15,22-23H,10-14,16-18H2,1H3,(H,28,30,31)(H,29,32,36)/t22-,23-/m0/s1. The van der Waals surface area contributed by atoms with Crippen molar-refractivity contribution in [2.45, 2.75) is 18.5 Å². The second kappa shape index (κ2) is 10.4. The fourth-order valence-electron chi connectivity index (χ4n) is 5.39. The number of piperazine rings is 1. The average molecular weight is 501 g/mol. The number of hydrogen-bond donors (Lipinski definition) is 2. The fourth-order valence-corrected chi connectivity index (χ4v) is 5.39. The van der Waals surface area contributed by atoms with Crippen LogP contribution in [0.15, 0.2) is 54.9 Å². The third-order valence-corrected chi connectivity index (χ3v) is 7.42. The van der Waals surface area contributed by atoms with E-state index >= 15 is 0 Å². The van der Waals surface area contributed by atoms with Crippen LogP contribution in [0, 0.1) is 0 Å². The molecule has 1 aromatic carbocycles. The third-order valence-electron chi connectivity index (χ3n) is 7.42. The number of anilines is 4. The molecule has 0 saturated carbocycles. The largest absolute Gasteiger partial charge is 0.379 e. The van der Waals surface area contributed by atoms with Crippen LogP contribution in [0.5, 0.6) is 0 Å². The molecule has 3 aromatic rings. The zero-order valence-corrected chi connectivity index (χ0v) is 21.0. The van der Waals surface area contributed by atoms with Gasteiger partial charge in [-0.3, -0.25) is 14.6 Å². The second-order valence-corrected chi connectivity index (χ2v) is 9.94. The minimum absolute atomic E-state index is 0.0775. The van der Waals surface area contributed by atoms with E-state index in [0.29, 0.717) is 43.6 Å². The smallest absolute Gasteiger partial charge is 0.239 e. The van der Waals surface area contributed by atoms with Crippen LogP contribution < -0.4 is 15.5 Å². The van der Waals surface area contributed by atoms with Crippen molar-refractivity contribution in [3.8, 4) is 11.3 Å². The Hall–Kier alpha value is -3.60. The Morgan fingerprint density at radius 1 is 1.03 bits per heavy atom. The molecule has 10 nitrogen and oxygen atoms in total. The van der Waals surface area contributed by atoms with E-state index < -0.39 is 0 Å². The van der Waals surface area contributed by atoms with Gasteiger partial charge in [0.25, 0.3) is 0 Å². The predicted octanol–water partition coefficient (Wildman–Crippen LogP) is 2.45. The van der Waals surface area contributed by atoms with E-state index in [0.717, 1.165) is 43.1 Å². The lowest BCUT2D eigenvalue weighted by atomic mass is 10.2. The van der Waals surface area contributed by atoms with Crippen molar-refractivity contribution >= 4 is 29.0 Å². The Kier molecular flexibility index (Phi) is 6.69. The summed E-state index contributed by atoms with van der Waals surface area (Å²) in [5.41, 5.74) is 3.81. The normalized spacial score (nSPS) is 21.8. The zero-order chi connectivity index (χ0) is 25.2. The Morgan fingerprint density at radius 2 is 1.86 bits per heavy atom. The predicted molar refractivity (Wildman–Crippen MR) is 143 cm³/mol. The zero-order valence-electron chi connectivity index (χ0n) is 21.0. The maximum absolute atomic E-state index is 12.3. The highest BCUT2D eigenvalue weighted by molar-refractivity contribution is 5.91. The van der Waals surface area contributed by atoms with Gasteiger partial charge in [-0.2, -0.15) is 0 Å². The van der Waals surface area contributed by atoms with Crippen molar-refractivity contribution in [2.24, 2.45) is 0 Å². The highest BCUT2D eigenvalue weighted by atomic mass is 16.5. The molecule has 2 bridgehead atoms. The number of likely N-dealkylation sites (tertiary alicyclic amines) is 1. The molecule has 2 N–H and O–H groups in total. The molecule has 5 heterocycles. The number of hydrogen-bond acceptors (Lipinski definition) is 9. The first-order valence-electron chi connectivity index (χ1n) is 12.8. The second-order valence-electron chi connectivity index (χ2n) is 9.94. The number of morpholine rings is 1. The number of amides is 1. The molecule has 0 aliphatic carbocycles. The van der Waals surface area contributed by atoms with E-state index in [1.54, 1.807) is 18.5 Å². The summed E-state index contributed by atoms with van der Waals surface area (Å²) in [6, 6.07) is 15.3. The van der Waals surface area contributed by atoms with Gasteiger partial charge in [0.2, 0.25) is 11.9 Å². The number of carbonyl (C=O) groups excluding carboxylic acids is 1. The van der Waals surface area contributed by atoms with Crippen molar-refractivity contribution in [2.75, 3.05) is 68.5 Å². The van der Waals surface area contributed by atoms with Crippen LogP contribution in [-0.2, 0) is 9.53 Å². The number of likely N-dealkylation sites (N-methyl/N-ethyl adjacent to an activating group) is 1. The molecule has 37 heavy (non-hydrogen) atoms. The Labute approximate surface area is 216 Å². The number of aromatic nitrogens is 3. The van der Waals surface area contributed by atoms with E-state index in [1.165, 1.54) is 12.1 Å². The van der Waals surface area contributed by atoms with E-state index in [-0.39, 0.29) is 5.91 Å². The highest BCUT2D eigenvalue weighted by Crippen LogP contribution is 2.34. The van der Waals surface area contributed by atoms with Gasteiger partial charge < -0.3 is 20.3 Å². The van der Waals surface area contributed by atoms with Crippen LogP contribution in [0.4, 0.5) is 23.1 Å². The molecule has 3 saturated heterocycles. The number of carbonyl (C=O) groups is 1. The minimum Gasteiger partial charge on any atom is -0.379 e. The fraction of sp³-hybridized carbons (Fsp3) is 0.407. The van der Waals surface area contributed by atoms with Gasteiger partial charge in [-0.25, -0.2) is 15.0 Å². The first-order valence-corrected chi connectivity index (χ1v) is 12.8. The van der Waals surface area contributed by atoms with E-state index in [4.69, 9.17) is 4.74 Å². The lowest BCUT2D eigenvalue weighted by Crippen LogP contribution is -2.44. The van der Waals surface area contributed by atoms with Crippen molar-refractivity contribution in [3.63, 3.8) is 0 Å². The molecule has 0 unspecified atom stereocenters. The number of nitrogens with one attached hydrogen (secondary N) is 2. The maximum Gasteiger partial charge on any atom is 0.239 e. The first-order chi connectivity index (χ1) is 18.1. The van der Waals surface area contributed by atoms with Gasteiger partial charge in [0.05, 0.1) is 25.5 Å². The SMILES string of the molecule is CN1C[C@@H]2C[C@H]1CN2c1ccc(Nc2nccc(-c3ccc(NC(=O)CN4CCOCC4)nc3)n2)cc1. The molecule has 10 heteroatoms. The average Bonchev–Trinajstić information content (AvgIpc) is 3.50. The topological polar surface area (TPSA) is 98.8 Å². The summed E-state index contributed by atoms with van der Waals surface area (Å²) in [7, 11) is 2.22. The number of benzene rings is 1. The van der Waals surface area contributed by atoms with Gasteiger partial charge in [0.15, 0.2) is 0 Å². The Bertz CT molecular complexity index is 1230. The molecule has 1 amide bonds. The summed E-state index contributed by atoms with van der Waals surface area (Å²) in [5, 5.41) is 6.17. The van der Waals surface area contributed by atoms with Gasteiger partial charge >= 0.3 is 0 Å². The molecule has 2 aromatic heterocycles. The molecule has 0 spiro atoms. The van der Waals surface area contributed by atoms with Crippen molar-refractivity contribution in [1.82, 2.24) is 24.8 Å². The van der Waals surface area contributed by atoms with Crippen LogP contribution >= 0.6 is 0 Å². The van der Waals surface area contributed by atoms with Gasteiger partial charge in [-0.05, 0) is 55.9 Å². The molecule has 6 rings (SSSR count). The van der Waals surface area contributed by atoms with Crippen molar-refractivity contribution in [3.05, 3.63) is 54.9 Å². The maximum atomic E-state index is 12.3.